The zero-order valence-electron chi connectivity index (χ0n) is 8.94. The SMILES string of the molecule is COc1nn(C)c2cc(C(C)=O)ccc12. The second kappa shape index (κ2) is 3.38. The Bertz CT molecular complexity index is 529. The number of hydrogen-bond donors (Lipinski definition) is 0. The van der Waals surface area contributed by atoms with Crippen molar-refractivity contribution in [1.29, 1.82) is 0 Å². The fourth-order valence-electron chi connectivity index (χ4n) is 1.59. The van der Waals surface area contributed by atoms with Crippen molar-refractivity contribution in [2.45, 2.75) is 6.92 Å². The number of rotatable bonds is 2. The van der Waals surface area contributed by atoms with Gasteiger partial charge in [0.15, 0.2) is 5.78 Å². The Balaban J connectivity index is 2.72. The average molecular weight is 204 g/mol. The van der Waals surface area contributed by atoms with Crippen LogP contribution in [0.15, 0.2) is 18.2 Å². The smallest absolute Gasteiger partial charge is 0.240 e. The summed E-state index contributed by atoms with van der Waals surface area (Å²) in [5.41, 5.74) is 1.59. The number of fused-ring (bicyclic) bond motifs is 1. The van der Waals surface area contributed by atoms with Crippen molar-refractivity contribution in [3.63, 3.8) is 0 Å². The number of aromatic nitrogens is 2. The van der Waals surface area contributed by atoms with E-state index in [2.05, 4.69) is 5.10 Å². The number of carbonyl (C=O) groups excluding carboxylic acids is 1. The van der Waals surface area contributed by atoms with Crippen molar-refractivity contribution in [3.8, 4) is 5.88 Å². The van der Waals surface area contributed by atoms with E-state index in [4.69, 9.17) is 4.74 Å². The number of carbonyl (C=O) groups is 1. The minimum atomic E-state index is 0.0528. The van der Waals surface area contributed by atoms with Crippen LogP contribution in [0.5, 0.6) is 5.88 Å². The number of nitrogens with zero attached hydrogens (tertiary/aromatic N) is 2. The Morgan fingerprint density at radius 3 is 2.80 bits per heavy atom. The summed E-state index contributed by atoms with van der Waals surface area (Å²) in [5.74, 6) is 0.639. The number of hydrogen-bond acceptors (Lipinski definition) is 3. The minimum Gasteiger partial charge on any atom is -0.479 e. The van der Waals surface area contributed by atoms with E-state index >= 15 is 0 Å². The number of ether oxygens (including phenoxy) is 1. The molecule has 15 heavy (non-hydrogen) atoms. The quantitative estimate of drug-likeness (QED) is 0.700. The molecule has 4 heteroatoms. The lowest BCUT2D eigenvalue weighted by molar-refractivity contribution is 0.101. The van der Waals surface area contributed by atoms with Gasteiger partial charge in [-0.25, -0.2) is 0 Å². The summed E-state index contributed by atoms with van der Waals surface area (Å²) in [7, 11) is 3.41. The second-order valence-electron chi connectivity index (χ2n) is 3.42. The number of Topliss-reactive ketones (excluding diaryl/α,β-unsaturated/α-hetero) is 1. The van der Waals surface area contributed by atoms with Crippen LogP contribution in [0.25, 0.3) is 10.9 Å². The Labute approximate surface area is 87.5 Å². The zero-order chi connectivity index (χ0) is 11.0. The largest absolute Gasteiger partial charge is 0.479 e. The molecule has 1 aromatic carbocycles. The van der Waals surface area contributed by atoms with E-state index in [9.17, 15) is 4.79 Å². The first-order valence-corrected chi connectivity index (χ1v) is 4.65. The summed E-state index contributed by atoms with van der Waals surface area (Å²) in [4.78, 5) is 11.2. The van der Waals surface area contributed by atoms with E-state index in [1.807, 2.05) is 19.2 Å². The molecule has 0 saturated carbocycles. The highest BCUT2D eigenvalue weighted by molar-refractivity contribution is 5.98. The molecular weight excluding hydrogens is 192 g/mol. The molecule has 0 aliphatic rings. The van der Waals surface area contributed by atoms with Crippen LogP contribution in [-0.2, 0) is 7.05 Å². The molecule has 0 aliphatic carbocycles. The Kier molecular flexibility index (Phi) is 2.19. The zero-order valence-corrected chi connectivity index (χ0v) is 8.94. The van der Waals surface area contributed by atoms with Crippen LogP contribution in [0.4, 0.5) is 0 Å². The maximum absolute atomic E-state index is 11.2. The van der Waals surface area contributed by atoms with Crippen LogP contribution in [0.3, 0.4) is 0 Å². The van der Waals surface area contributed by atoms with Gasteiger partial charge in [0, 0.05) is 12.6 Å². The van der Waals surface area contributed by atoms with Gasteiger partial charge in [-0.15, -0.1) is 5.10 Å². The van der Waals surface area contributed by atoms with E-state index in [1.54, 1.807) is 24.8 Å². The lowest BCUT2D eigenvalue weighted by atomic mass is 10.1. The third-order valence-electron chi connectivity index (χ3n) is 2.42. The Morgan fingerprint density at radius 1 is 1.47 bits per heavy atom. The van der Waals surface area contributed by atoms with E-state index in [-0.39, 0.29) is 5.78 Å². The molecule has 0 aliphatic heterocycles. The molecule has 0 bridgehead atoms. The monoisotopic (exact) mass is 204 g/mol. The van der Waals surface area contributed by atoms with Crippen molar-refractivity contribution in [2.75, 3.05) is 7.11 Å². The number of methoxy groups -OCH3 is 1. The molecule has 78 valence electrons. The summed E-state index contributed by atoms with van der Waals surface area (Å²) in [6.07, 6.45) is 0. The van der Waals surface area contributed by atoms with E-state index in [1.165, 1.54) is 0 Å². The van der Waals surface area contributed by atoms with Crippen molar-refractivity contribution in [1.82, 2.24) is 9.78 Å². The molecule has 2 aromatic rings. The molecule has 1 heterocycles. The van der Waals surface area contributed by atoms with Crippen LogP contribution < -0.4 is 4.74 Å². The number of ketones is 1. The second-order valence-corrected chi connectivity index (χ2v) is 3.42. The van der Waals surface area contributed by atoms with Gasteiger partial charge in [-0.3, -0.25) is 9.48 Å². The molecule has 2 rings (SSSR count). The lowest BCUT2D eigenvalue weighted by Crippen LogP contribution is -1.94. The molecule has 0 N–H and O–H groups in total. The minimum absolute atomic E-state index is 0.0528. The molecule has 0 unspecified atom stereocenters. The first-order chi connectivity index (χ1) is 7.13. The maximum atomic E-state index is 11.2. The van der Waals surface area contributed by atoms with Gasteiger partial charge in [0.05, 0.1) is 18.0 Å². The standard InChI is InChI=1S/C11H12N2O2/c1-7(14)8-4-5-9-10(6-8)13(2)12-11(9)15-3/h4-6H,1-3H3. The highest BCUT2D eigenvalue weighted by atomic mass is 16.5. The predicted molar refractivity (Wildman–Crippen MR) is 57.3 cm³/mol. The summed E-state index contributed by atoms with van der Waals surface area (Å²) in [5, 5.41) is 5.11. The van der Waals surface area contributed by atoms with Crippen LogP contribution in [-0.4, -0.2) is 22.7 Å². The molecule has 0 spiro atoms. The van der Waals surface area contributed by atoms with Crippen molar-refractivity contribution < 1.29 is 9.53 Å². The van der Waals surface area contributed by atoms with Crippen LogP contribution >= 0.6 is 0 Å². The molecule has 0 atom stereocenters. The van der Waals surface area contributed by atoms with Gasteiger partial charge in [0.1, 0.15) is 0 Å². The van der Waals surface area contributed by atoms with Crippen LogP contribution in [0.2, 0.25) is 0 Å². The Morgan fingerprint density at radius 2 is 2.20 bits per heavy atom. The van der Waals surface area contributed by atoms with E-state index in [0.29, 0.717) is 11.4 Å². The van der Waals surface area contributed by atoms with E-state index in [0.717, 1.165) is 10.9 Å². The van der Waals surface area contributed by atoms with Crippen LogP contribution in [0.1, 0.15) is 17.3 Å². The average Bonchev–Trinajstić information content (AvgIpc) is 2.55. The topological polar surface area (TPSA) is 44.1 Å². The Hall–Kier alpha value is -1.84. The maximum Gasteiger partial charge on any atom is 0.240 e. The summed E-state index contributed by atoms with van der Waals surface area (Å²) in [6.45, 7) is 1.55. The molecule has 0 amide bonds. The van der Waals surface area contributed by atoms with Gasteiger partial charge in [0.25, 0.3) is 0 Å². The third-order valence-corrected chi connectivity index (χ3v) is 2.42. The van der Waals surface area contributed by atoms with E-state index < -0.39 is 0 Å². The molecule has 4 nitrogen and oxygen atoms in total. The van der Waals surface area contributed by atoms with Gasteiger partial charge in [-0.05, 0) is 19.1 Å². The summed E-state index contributed by atoms with van der Waals surface area (Å²) < 4.78 is 6.84. The summed E-state index contributed by atoms with van der Waals surface area (Å²) >= 11 is 0. The highest BCUT2D eigenvalue weighted by Crippen LogP contribution is 2.24. The van der Waals surface area contributed by atoms with Crippen LogP contribution in [0, 0.1) is 0 Å². The van der Waals surface area contributed by atoms with Crippen molar-refractivity contribution in [2.24, 2.45) is 7.05 Å². The first kappa shape index (κ1) is 9.71. The third kappa shape index (κ3) is 1.48. The van der Waals surface area contributed by atoms with Gasteiger partial charge < -0.3 is 4.74 Å². The molecule has 0 saturated heterocycles. The van der Waals surface area contributed by atoms with Gasteiger partial charge in [0.2, 0.25) is 5.88 Å². The lowest BCUT2D eigenvalue weighted by Gasteiger charge is -1.97. The fraction of sp³-hybridized carbons (Fsp3) is 0.273. The van der Waals surface area contributed by atoms with Crippen molar-refractivity contribution in [3.05, 3.63) is 23.8 Å². The number of benzene rings is 1. The molecule has 0 fully saturated rings. The molecular formula is C11H12N2O2. The van der Waals surface area contributed by atoms with Crippen molar-refractivity contribution >= 4 is 16.7 Å². The summed E-state index contributed by atoms with van der Waals surface area (Å²) in [6, 6.07) is 5.47. The highest BCUT2D eigenvalue weighted by Gasteiger charge is 2.10. The molecule has 1 aromatic heterocycles. The number of aryl methyl sites for hydroxylation is 1. The normalized spacial score (nSPS) is 10.6. The fourth-order valence-corrected chi connectivity index (χ4v) is 1.59. The van der Waals surface area contributed by atoms with Gasteiger partial charge in [-0.1, -0.05) is 6.07 Å². The molecule has 0 radical (unpaired) electrons. The van der Waals surface area contributed by atoms with Gasteiger partial charge >= 0.3 is 0 Å². The predicted octanol–water partition coefficient (Wildman–Crippen LogP) is 1.78. The van der Waals surface area contributed by atoms with Gasteiger partial charge in [-0.2, -0.15) is 0 Å². The first-order valence-electron chi connectivity index (χ1n) is 4.65.